The van der Waals surface area contributed by atoms with Crippen molar-refractivity contribution in [3.8, 4) is 23.4 Å². The number of rotatable bonds is 5. The maximum Gasteiger partial charge on any atom is 0.244 e. The Bertz CT molecular complexity index is 841. The molecule has 0 fully saturated rings. The molecular formula is C18H20N4O3. The number of nitrogens with one attached hydrogen (secondary N) is 1. The SMILES string of the molecule is CCCc1[nH]nc2c1[C@H](c1cc(OC)cc(OC)c1)C(C#N)=C(N)O2. The van der Waals surface area contributed by atoms with Gasteiger partial charge in [-0.05, 0) is 24.1 Å². The average Bonchev–Trinajstić information content (AvgIpc) is 3.02. The predicted octanol–water partition coefficient (Wildman–Crippen LogP) is 2.60. The Balaban J connectivity index is 2.23. The molecule has 0 unspecified atom stereocenters. The molecule has 2 heterocycles. The zero-order valence-corrected chi connectivity index (χ0v) is 14.4. The maximum absolute atomic E-state index is 9.67. The first-order valence-electron chi connectivity index (χ1n) is 8.00. The van der Waals surface area contributed by atoms with Crippen LogP contribution in [0.4, 0.5) is 0 Å². The van der Waals surface area contributed by atoms with Crippen LogP contribution in [0.3, 0.4) is 0 Å². The summed E-state index contributed by atoms with van der Waals surface area (Å²) >= 11 is 0. The van der Waals surface area contributed by atoms with Gasteiger partial charge in [-0.25, -0.2) is 0 Å². The molecule has 0 saturated carbocycles. The summed E-state index contributed by atoms with van der Waals surface area (Å²) in [7, 11) is 3.17. The lowest BCUT2D eigenvalue weighted by atomic mass is 9.83. The molecule has 1 aromatic heterocycles. The number of nitriles is 1. The molecule has 0 amide bonds. The van der Waals surface area contributed by atoms with E-state index in [1.165, 1.54) is 0 Å². The van der Waals surface area contributed by atoms with Crippen LogP contribution in [0.15, 0.2) is 29.7 Å². The molecule has 7 heteroatoms. The molecule has 0 aliphatic carbocycles. The fourth-order valence-electron chi connectivity index (χ4n) is 3.08. The summed E-state index contributed by atoms with van der Waals surface area (Å²) in [4.78, 5) is 0. The highest BCUT2D eigenvalue weighted by molar-refractivity contribution is 5.57. The first-order valence-corrected chi connectivity index (χ1v) is 8.00. The first-order chi connectivity index (χ1) is 12.1. The Morgan fingerprint density at radius 3 is 2.52 bits per heavy atom. The standard InChI is InChI=1S/C18H20N4O3/c1-4-5-14-16-15(10-6-11(23-2)8-12(7-10)24-3)13(9-19)17(20)25-18(16)22-21-14/h6-8,15H,4-5,20H2,1-3H3,(H,21,22)/t15-/m1/s1. The third-order valence-electron chi connectivity index (χ3n) is 4.22. The molecule has 2 aromatic rings. The van der Waals surface area contributed by atoms with Crippen LogP contribution in [0, 0.1) is 11.3 Å². The third-order valence-corrected chi connectivity index (χ3v) is 4.22. The number of allylic oxidation sites excluding steroid dienone is 1. The molecule has 7 nitrogen and oxygen atoms in total. The molecule has 3 N–H and O–H groups in total. The van der Waals surface area contributed by atoms with E-state index in [9.17, 15) is 5.26 Å². The Morgan fingerprint density at radius 2 is 1.96 bits per heavy atom. The molecule has 3 rings (SSSR count). The van der Waals surface area contributed by atoms with Crippen molar-refractivity contribution in [3.05, 3.63) is 46.5 Å². The molecule has 1 aliphatic heterocycles. The van der Waals surface area contributed by atoms with Crippen molar-refractivity contribution in [2.24, 2.45) is 5.73 Å². The second-order valence-corrected chi connectivity index (χ2v) is 5.74. The summed E-state index contributed by atoms with van der Waals surface area (Å²) in [6, 6.07) is 7.71. The largest absolute Gasteiger partial charge is 0.497 e. The second-order valence-electron chi connectivity index (χ2n) is 5.74. The molecule has 130 valence electrons. The van der Waals surface area contributed by atoms with Crippen LogP contribution in [0.5, 0.6) is 17.4 Å². The maximum atomic E-state index is 9.67. The van der Waals surface area contributed by atoms with Gasteiger partial charge in [0.05, 0.1) is 20.1 Å². The van der Waals surface area contributed by atoms with Crippen molar-refractivity contribution >= 4 is 0 Å². The van der Waals surface area contributed by atoms with Crippen LogP contribution >= 0.6 is 0 Å². The number of aryl methyl sites for hydroxylation is 1. The number of aromatic amines is 1. The highest BCUT2D eigenvalue weighted by Crippen LogP contribution is 2.44. The summed E-state index contributed by atoms with van der Waals surface area (Å²) in [6.07, 6.45) is 1.73. The molecule has 0 spiro atoms. The lowest BCUT2D eigenvalue weighted by Gasteiger charge is -2.24. The summed E-state index contributed by atoms with van der Waals surface area (Å²) in [5.41, 5.74) is 8.93. The number of H-pyrrole nitrogens is 1. The first kappa shape index (κ1) is 16.7. The Morgan fingerprint density at radius 1 is 1.28 bits per heavy atom. The van der Waals surface area contributed by atoms with E-state index in [2.05, 4.69) is 23.2 Å². The van der Waals surface area contributed by atoms with Gasteiger partial charge in [-0.3, -0.25) is 5.10 Å². The van der Waals surface area contributed by atoms with E-state index in [-0.39, 0.29) is 5.88 Å². The molecule has 1 aromatic carbocycles. The van der Waals surface area contributed by atoms with Gasteiger partial charge in [-0.2, -0.15) is 5.26 Å². The van der Waals surface area contributed by atoms with Crippen LogP contribution < -0.4 is 19.9 Å². The Labute approximate surface area is 146 Å². The van der Waals surface area contributed by atoms with Gasteiger partial charge >= 0.3 is 0 Å². The van der Waals surface area contributed by atoms with E-state index in [0.717, 1.165) is 29.7 Å². The van der Waals surface area contributed by atoms with E-state index in [0.29, 0.717) is 23.0 Å². The van der Waals surface area contributed by atoms with Crippen LogP contribution in [-0.4, -0.2) is 24.4 Å². The fourth-order valence-corrected chi connectivity index (χ4v) is 3.08. The van der Waals surface area contributed by atoms with Crippen molar-refractivity contribution in [1.29, 1.82) is 5.26 Å². The van der Waals surface area contributed by atoms with Crippen molar-refractivity contribution in [2.75, 3.05) is 14.2 Å². The third kappa shape index (κ3) is 2.87. The topological polar surface area (TPSA) is 106 Å². The number of methoxy groups -OCH3 is 2. The minimum absolute atomic E-state index is 0.0661. The highest BCUT2D eigenvalue weighted by Gasteiger charge is 2.35. The van der Waals surface area contributed by atoms with Gasteiger partial charge in [0.15, 0.2) is 0 Å². The number of fused-ring (bicyclic) bond motifs is 1. The Hall–Kier alpha value is -3.14. The predicted molar refractivity (Wildman–Crippen MR) is 91.4 cm³/mol. The minimum atomic E-state index is -0.391. The monoisotopic (exact) mass is 340 g/mol. The number of nitrogens with two attached hydrogens (primary N) is 1. The molecule has 0 bridgehead atoms. The van der Waals surface area contributed by atoms with Crippen LogP contribution in [0.25, 0.3) is 0 Å². The van der Waals surface area contributed by atoms with Gasteiger partial charge < -0.3 is 19.9 Å². The molecule has 1 aliphatic rings. The van der Waals surface area contributed by atoms with Gasteiger partial charge in [0.2, 0.25) is 11.8 Å². The molecule has 25 heavy (non-hydrogen) atoms. The van der Waals surface area contributed by atoms with Gasteiger partial charge in [-0.1, -0.05) is 13.3 Å². The van der Waals surface area contributed by atoms with E-state index in [1.807, 2.05) is 12.1 Å². The molecule has 0 saturated heterocycles. The lowest BCUT2D eigenvalue weighted by Crippen LogP contribution is -2.21. The van der Waals surface area contributed by atoms with Crippen molar-refractivity contribution in [3.63, 3.8) is 0 Å². The van der Waals surface area contributed by atoms with Gasteiger partial charge in [-0.15, -0.1) is 5.10 Å². The van der Waals surface area contributed by atoms with Crippen LogP contribution in [-0.2, 0) is 6.42 Å². The van der Waals surface area contributed by atoms with E-state index in [1.54, 1.807) is 20.3 Å². The van der Waals surface area contributed by atoms with Gasteiger partial charge in [0.25, 0.3) is 0 Å². The normalized spacial score (nSPS) is 16.0. The molecule has 1 atom stereocenters. The fraction of sp³-hybridized carbons (Fsp3) is 0.333. The lowest BCUT2D eigenvalue weighted by molar-refractivity contribution is 0.377. The smallest absolute Gasteiger partial charge is 0.244 e. The van der Waals surface area contributed by atoms with Gasteiger partial charge in [0, 0.05) is 17.3 Å². The molecule has 0 radical (unpaired) electrons. The zero-order valence-electron chi connectivity index (χ0n) is 14.4. The van der Waals surface area contributed by atoms with Crippen molar-refractivity contribution < 1.29 is 14.2 Å². The summed E-state index contributed by atoms with van der Waals surface area (Å²) in [6.45, 7) is 2.08. The Kier molecular flexibility index (Phi) is 4.52. The number of hydrogen-bond acceptors (Lipinski definition) is 6. The minimum Gasteiger partial charge on any atom is -0.497 e. The number of hydrogen-bond donors (Lipinski definition) is 2. The van der Waals surface area contributed by atoms with E-state index >= 15 is 0 Å². The van der Waals surface area contributed by atoms with Crippen LogP contribution in [0.1, 0.15) is 36.1 Å². The highest BCUT2D eigenvalue weighted by atomic mass is 16.5. The quantitative estimate of drug-likeness (QED) is 0.866. The van der Waals surface area contributed by atoms with E-state index in [4.69, 9.17) is 19.9 Å². The summed E-state index contributed by atoms with van der Waals surface area (Å²) in [5.74, 6) is 1.36. The van der Waals surface area contributed by atoms with Crippen molar-refractivity contribution in [1.82, 2.24) is 10.2 Å². The summed E-state index contributed by atoms with van der Waals surface area (Å²) in [5, 5.41) is 16.9. The molecular weight excluding hydrogens is 320 g/mol. The number of aromatic nitrogens is 2. The van der Waals surface area contributed by atoms with E-state index < -0.39 is 5.92 Å². The van der Waals surface area contributed by atoms with Gasteiger partial charge in [0.1, 0.15) is 23.1 Å². The number of benzene rings is 1. The zero-order chi connectivity index (χ0) is 18.0. The summed E-state index contributed by atoms with van der Waals surface area (Å²) < 4.78 is 16.3. The average molecular weight is 340 g/mol. The van der Waals surface area contributed by atoms with Crippen molar-refractivity contribution in [2.45, 2.75) is 25.7 Å². The second kappa shape index (κ2) is 6.77. The van der Waals surface area contributed by atoms with Crippen LogP contribution in [0.2, 0.25) is 0 Å². The number of nitrogens with zero attached hydrogens (tertiary/aromatic N) is 2. The number of ether oxygens (including phenoxy) is 3.